The number of aliphatic hydroxyl groups excluding tert-OH is 1. The molecule has 0 bridgehead atoms. The standard InChI is InChI=1S/C16H32N2O/c1-17(2)13-16(14-19)9-11-18(12-10-16)15-7-5-3-4-6-8-15/h15,19H,3-14H2,1-2H3. The third kappa shape index (κ3) is 4.17. The molecule has 0 unspecified atom stereocenters. The molecule has 1 saturated carbocycles. The van der Waals surface area contributed by atoms with E-state index in [-0.39, 0.29) is 5.41 Å². The molecule has 2 aliphatic rings. The van der Waals surface area contributed by atoms with Gasteiger partial charge in [0, 0.05) is 18.0 Å². The number of nitrogens with zero attached hydrogens (tertiary/aromatic N) is 2. The molecule has 0 aromatic heterocycles. The molecular formula is C16H32N2O. The molecule has 3 heteroatoms. The van der Waals surface area contributed by atoms with Crippen molar-refractivity contribution < 1.29 is 5.11 Å². The highest BCUT2D eigenvalue weighted by atomic mass is 16.3. The summed E-state index contributed by atoms with van der Waals surface area (Å²) in [5, 5.41) is 9.79. The zero-order valence-electron chi connectivity index (χ0n) is 12.9. The van der Waals surface area contributed by atoms with Gasteiger partial charge in [-0.1, -0.05) is 25.7 Å². The van der Waals surface area contributed by atoms with Gasteiger partial charge in [-0.25, -0.2) is 0 Å². The first-order chi connectivity index (χ1) is 9.15. The number of piperidine rings is 1. The fraction of sp³-hybridized carbons (Fsp3) is 1.00. The summed E-state index contributed by atoms with van der Waals surface area (Å²) in [6, 6.07) is 0.832. The maximum Gasteiger partial charge on any atom is 0.0500 e. The lowest BCUT2D eigenvalue weighted by Gasteiger charge is -2.44. The minimum atomic E-state index is 0.157. The highest BCUT2D eigenvalue weighted by molar-refractivity contribution is 4.89. The topological polar surface area (TPSA) is 26.7 Å². The van der Waals surface area contributed by atoms with Crippen LogP contribution in [-0.4, -0.2) is 61.3 Å². The van der Waals surface area contributed by atoms with Crippen molar-refractivity contribution >= 4 is 0 Å². The molecule has 2 rings (SSSR count). The first-order valence-corrected chi connectivity index (χ1v) is 8.15. The van der Waals surface area contributed by atoms with Crippen LogP contribution in [0.3, 0.4) is 0 Å². The lowest BCUT2D eigenvalue weighted by molar-refractivity contribution is 0.00820. The molecule has 19 heavy (non-hydrogen) atoms. The van der Waals surface area contributed by atoms with E-state index in [9.17, 15) is 5.11 Å². The van der Waals surface area contributed by atoms with Crippen LogP contribution in [-0.2, 0) is 0 Å². The second-order valence-electron chi connectivity index (χ2n) is 7.08. The third-order valence-electron chi connectivity index (χ3n) is 5.19. The lowest BCUT2D eigenvalue weighted by atomic mass is 9.78. The van der Waals surface area contributed by atoms with Crippen LogP contribution in [0.2, 0.25) is 0 Å². The van der Waals surface area contributed by atoms with Crippen molar-refractivity contribution in [3.05, 3.63) is 0 Å². The van der Waals surface area contributed by atoms with E-state index in [1.54, 1.807) is 0 Å². The fourth-order valence-electron chi connectivity index (χ4n) is 4.02. The van der Waals surface area contributed by atoms with Crippen LogP contribution >= 0.6 is 0 Å². The van der Waals surface area contributed by atoms with Gasteiger partial charge in [0.1, 0.15) is 0 Å². The van der Waals surface area contributed by atoms with Crippen LogP contribution in [0.25, 0.3) is 0 Å². The van der Waals surface area contributed by atoms with E-state index in [1.165, 1.54) is 51.6 Å². The molecule has 3 nitrogen and oxygen atoms in total. The minimum absolute atomic E-state index is 0.157. The molecule has 0 aromatic rings. The van der Waals surface area contributed by atoms with Gasteiger partial charge < -0.3 is 14.9 Å². The first kappa shape index (κ1) is 15.3. The van der Waals surface area contributed by atoms with Crippen molar-refractivity contribution in [1.29, 1.82) is 0 Å². The smallest absolute Gasteiger partial charge is 0.0500 e. The second kappa shape index (κ2) is 7.05. The van der Waals surface area contributed by atoms with E-state index in [4.69, 9.17) is 0 Å². The summed E-state index contributed by atoms with van der Waals surface area (Å²) < 4.78 is 0. The number of aliphatic hydroxyl groups is 1. The number of rotatable bonds is 4. The summed E-state index contributed by atoms with van der Waals surface area (Å²) in [5.74, 6) is 0. The maximum atomic E-state index is 9.79. The van der Waals surface area contributed by atoms with Gasteiger partial charge in [-0.3, -0.25) is 0 Å². The van der Waals surface area contributed by atoms with Crippen LogP contribution in [0.1, 0.15) is 51.4 Å². The van der Waals surface area contributed by atoms with Gasteiger partial charge in [0.15, 0.2) is 0 Å². The van der Waals surface area contributed by atoms with Crippen LogP contribution in [0.4, 0.5) is 0 Å². The van der Waals surface area contributed by atoms with Gasteiger partial charge in [-0.2, -0.15) is 0 Å². The molecule has 0 amide bonds. The predicted octanol–water partition coefficient (Wildman–Crippen LogP) is 2.35. The highest BCUT2D eigenvalue weighted by Crippen LogP contribution is 2.34. The van der Waals surface area contributed by atoms with E-state index in [0.29, 0.717) is 6.61 Å². The molecule has 1 aliphatic heterocycles. The first-order valence-electron chi connectivity index (χ1n) is 8.15. The minimum Gasteiger partial charge on any atom is -0.396 e. The molecule has 0 atom stereocenters. The molecule has 1 aliphatic carbocycles. The van der Waals surface area contributed by atoms with Gasteiger partial charge in [-0.05, 0) is 52.9 Å². The Morgan fingerprint density at radius 3 is 2.11 bits per heavy atom. The average molecular weight is 268 g/mol. The summed E-state index contributed by atoms with van der Waals surface area (Å²) in [5.41, 5.74) is 0.157. The average Bonchev–Trinajstić information content (AvgIpc) is 2.68. The van der Waals surface area contributed by atoms with E-state index >= 15 is 0 Å². The van der Waals surface area contributed by atoms with E-state index in [2.05, 4.69) is 23.9 Å². The summed E-state index contributed by atoms with van der Waals surface area (Å²) in [7, 11) is 4.24. The van der Waals surface area contributed by atoms with Gasteiger partial charge in [0.25, 0.3) is 0 Å². The molecule has 2 fully saturated rings. The Labute approximate surface area is 119 Å². The van der Waals surface area contributed by atoms with E-state index in [1.807, 2.05) is 0 Å². The van der Waals surface area contributed by atoms with Gasteiger partial charge >= 0.3 is 0 Å². The number of likely N-dealkylation sites (tertiary alicyclic amines) is 1. The number of hydrogen-bond acceptors (Lipinski definition) is 3. The third-order valence-corrected chi connectivity index (χ3v) is 5.19. The number of hydrogen-bond donors (Lipinski definition) is 1. The van der Waals surface area contributed by atoms with Crippen molar-refractivity contribution in [1.82, 2.24) is 9.80 Å². The Balaban J connectivity index is 1.86. The van der Waals surface area contributed by atoms with Crippen LogP contribution in [0, 0.1) is 5.41 Å². The Morgan fingerprint density at radius 2 is 1.63 bits per heavy atom. The molecule has 0 spiro atoms. The highest BCUT2D eigenvalue weighted by Gasteiger charge is 2.36. The van der Waals surface area contributed by atoms with Crippen LogP contribution < -0.4 is 0 Å². The van der Waals surface area contributed by atoms with Crippen LogP contribution in [0.15, 0.2) is 0 Å². The Morgan fingerprint density at radius 1 is 1.05 bits per heavy atom. The molecule has 0 radical (unpaired) electrons. The largest absolute Gasteiger partial charge is 0.396 e. The fourth-order valence-corrected chi connectivity index (χ4v) is 4.02. The van der Waals surface area contributed by atoms with Gasteiger partial charge in [0.05, 0.1) is 6.61 Å². The Bertz CT molecular complexity index is 251. The zero-order chi connectivity index (χ0) is 13.7. The molecular weight excluding hydrogens is 236 g/mol. The predicted molar refractivity (Wildman–Crippen MR) is 80.4 cm³/mol. The summed E-state index contributed by atoms with van der Waals surface area (Å²) in [6.07, 6.45) is 10.8. The van der Waals surface area contributed by atoms with Crippen molar-refractivity contribution in [2.45, 2.75) is 57.4 Å². The summed E-state index contributed by atoms with van der Waals surface area (Å²) >= 11 is 0. The quantitative estimate of drug-likeness (QED) is 0.793. The maximum absolute atomic E-state index is 9.79. The van der Waals surface area contributed by atoms with Crippen molar-refractivity contribution in [3.8, 4) is 0 Å². The summed E-state index contributed by atoms with van der Waals surface area (Å²) in [6.45, 7) is 3.77. The molecule has 0 aromatic carbocycles. The molecule has 1 saturated heterocycles. The lowest BCUT2D eigenvalue weighted by Crippen LogP contribution is -2.49. The summed E-state index contributed by atoms with van der Waals surface area (Å²) in [4.78, 5) is 4.95. The van der Waals surface area contributed by atoms with Crippen molar-refractivity contribution in [3.63, 3.8) is 0 Å². The van der Waals surface area contributed by atoms with Gasteiger partial charge in [-0.15, -0.1) is 0 Å². The molecule has 112 valence electrons. The SMILES string of the molecule is CN(C)CC1(CO)CCN(C2CCCCCC2)CC1. The Hall–Kier alpha value is -0.120. The molecule has 1 heterocycles. The van der Waals surface area contributed by atoms with Gasteiger partial charge in [0.2, 0.25) is 0 Å². The van der Waals surface area contributed by atoms with E-state index in [0.717, 1.165) is 25.4 Å². The Kier molecular flexibility index (Phi) is 5.67. The normalized spacial score (nSPS) is 26.5. The second-order valence-corrected chi connectivity index (χ2v) is 7.08. The molecule has 1 N–H and O–H groups in total. The van der Waals surface area contributed by atoms with Crippen molar-refractivity contribution in [2.75, 3.05) is 40.3 Å². The van der Waals surface area contributed by atoms with Crippen molar-refractivity contribution in [2.24, 2.45) is 5.41 Å². The zero-order valence-corrected chi connectivity index (χ0v) is 12.9. The van der Waals surface area contributed by atoms with Crippen LogP contribution in [0.5, 0.6) is 0 Å². The van der Waals surface area contributed by atoms with E-state index < -0.39 is 0 Å². The monoisotopic (exact) mass is 268 g/mol.